The largest absolute Gasteiger partial charge is 0.456 e. The lowest BCUT2D eigenvalue weighted by atomic mass is 9.96. The van der Waals surface area contributed by atoms with Crippen molar-refractivity contribution in [2.45, 2.75) is 64.8 Å². The summed E-state index contributed by atoms with van der Waals surface area (Å²) in [6.45, 7) is 5.25. The molecule has 128 valence electrons. The first-order valence-electron chi connectivity index (χ1n) is 7.01. The van der Waals surface area contributed by atoms with Crippen molar-refractivity contribution in [3.63, 3.8) is 0 Å². The highest BCUT2D eigenvalue weighted by atomic mass is 16.7. The van der Waals surface area contributed by atoms with E-state index in [0.29, 0.717) is 6.42 Å². The second-order valence-electron chi connectivity index (χ2n) is 4.90. The van der Waals surface area contributed by atoms with E-state index in [2.05, 4.69) is 10.0 Å². The minimum absolute atomic E-state index is 0.389. The summed E-state index contributed by atoms with van der Waals surface area (Å²) in [6, 6.07) is 0. The molecule has 23 heavy (non-hydrogen) atoms. The fourth-order valence-electron chi connectivity index (χ4n) is 2.34. The molecule has 0 aromatic rings. The van der Waals surface area contributed by atoms with Gasteiger partial charge in [-0.15, -0.1) is 0 Å². The molecule has 0 spiro atoms. The molecule has 0 aromatic heterocycles. The molecule has 0 N–H and O–H groups in total. The number of carbonyl (C=O) groups is 3. The highest BCUT2D eigenvalue weighted by Gasteiger charge is 2.50. The number of rotatable bonds is 5. The van der Waals surface area contributed by atoms with Crippen molar-refractivity contribution in [2.24, 2.45) is 5.11 Å². The number of carbonyl (C=O) groups excluding carboxylic acids is 3. The molecular weight excluding hydrogens is 310 g/mol. The summed E-state index contributed by atoms with van der Waals surface area (Å²) in [6.07, 6.45) is -4.86. The molecule has 0 saturated carbocycles. The van der Waals surface area contributed by atoms with E-state index in [9.17, 15) is 14.4 Å². The topological polar surface area (TPSA) is 137 Å². The monoisotopic (exact) mass is 329 g/mol. The minimum Gasteiger partial charge on any atom is -0.456 e. The highest BCUT2D eigenvalue weighted by molar-refractivity contribution is 5.68. The van der Waals surface area contributed by atoms with Gasteiger partial charge in [0.05, 0.1) is 6.10 Å². The molecule has 1 aliphatic heterocycles. The average Bonchev–Trinajstić information content (AvgIpc) is 2.43. The summed E-state index contributed by atoms with van der Waals surface area (Å²) in [5.41, 5.74) is 8.65. The number of esters is 3. The van der Waals surface area contributed by atoms with Crippen LogP contribution in [-0.4, -0.2) is 48.6 Å². The van der Waals surface area contributed by atoms with Crippen molar-refractivity contribution < 1.29 is 33.3 Å². The number of azide groups is 1. The first kappa shape index (κ1) is 18.7. The van der Waals surface area contributed by atoms with Gasteiger partial charge in [-0.1, -0.05) is 12.0 Å². The molecule has 5 atom stereocenters. The predicted octanol–water partition coefficient (Wildman–Crippen LogP) is 1.23. The number of nitrogens with zero attached hydrogens (tertiary/aromatic N) is 3. The SMILES string of the molecule is CCC1O[C@H](N=[N+]=[N-])[C@H](OC(C)=O)C(OC(C)=O)[C@@H]1OC(C)=O. The van der Waals surface area contributed by atoms with Crippen molar-refractivity contribution in [1.29, 1.82) is 0 Å². The molecule has 1 saturated heterocycles. The van der Waals surface area contributed by atoms with Crippen molar-refractivity contribution in [1.82, 2.24) is 0 Å². The van der Waals surface area contributed by atoms with E-state index in [-0.39, 0.29) is 0 Å². The van der Waals surface area contributed by atoms with Gasteiger partial charge < -0.3 is 18.9 Å². The summed E-state index contributed by atoms with van der Waals surface area (Å²) >= 11 is 0. The van der Waals surface area contributed by atoms with Crippen LogP contribution in [0.5, 0.6) is 0 Å². The first-order valence-corrected chi connectivity index (χ1v) is 7.01. The Kier molecular flexibility index (Phi) is 6.80. The third kappa shape index (κ3) is 5.11. The average molecular weight is 329 g/mol. The Morgan fingerprint density at radius 2 is 1.48 bits per heavy atom. The molecule has 10 heteroatoms. The van der Waals surface area contributed by atoms with Crippen LogP contribution in [0.25, 0.3) is 10.4 Å². The molecule has 0 aromatic carbocycles. The van der Waals surface area contributed by atoms with Crippen LogP contribution in [0.15, 0.2) is 5.11 Å². The summed E-state index contributed by atoms with van der Waals surface area (Å²) in [5, 5.41) is 3.44. The van der Waals surface area contributed by atoms with E-state index in [1.807, 2.05) is 0 Å². The zero-order chi connectivity index (χ0) is 17.6. The molecule has 1 rings (SSSR count). The van der Waals surface area contributed by atoms with Gasteiger partial charge in [0.1, 0.15) is 0 Å². The summed E-state index contributed by atoms with van der Waals surface area (Å²) in [5.74, 6) is -1.97. The van der Waals surface area contributed by atoms with Gasteiger partial charge in [-0.3, -0.25) is 14.4 Å². The van der Waals surface area contributed by atoms with Crippen LogP contribution in [-0.2, 0) is 33.3 Å². The van der Waals surface area contributed by atoms with Gasteiger partial charge in [0, 0.05) is 25.7 Å². The molecule has 1 fully saturated rings. The Hall–Kier alpha value is -2.32. The van der Waals surface area contributed by atoms with Gasteiger partial charge in [-0.05, 0) is 12.0 Å². The Bertz CT molecular complexity index is 518. The van der Waals surface area contributed by atoms with Crippen LogP contribution in [0.4, 0.5) is 0 Å². The van der Waals surface area contributed by atoms with Crippen LogP contribution >= 0.6 is 0 Å². The lowest BCUT2D eigenvalue weighted by Gasteiger charge is -2.43. The van der Waals surface area contributed by atoms with Gasteiger partial charge in [-0.2, -0.15) is 0 Å². The molecule has 0 radical (unpaired) electrons. The molecule has 0 bridgehead atoms. The maximum atomic E-state index is 11.4. The Morgan fingerprint density at radius 3 is 1.91 bits per heavy atom. The minimum atomic E-state index is -1.22. The maximum Gasteiger partial charge on any atom is 0.303 e. The predicted molar refractivity (Wildman–Crippen MR) is 74.8 cm³/mol. The highest BCUT2D eigenvalue weighted by Crippen LogP contribution is 2.30. The molecule has 10 nitrogen and oxygen atoms in total. The lowest BCUT2D eigenvalue weighted by Crippen LogP contribution is -2.60. The van der Waals surface area contributed by atoms with Crippen molar-refractivity contribution in [3.05, 3.63) is 10.4 Å². The van der Waals surface area contributed by atoms with Crippen LogP contribution in [0.3, 0.4) is 0 Å². The van der Waals surface area contributed by atoms with Crippen molar-refractivity contribution >= 4 is 17.9 Å². The number of hydrogen-bond donors (Lipinski definition) is 0. The zero-order valence-electron chi connectivity index (χ0n) is 13.3. The summed E-state index contributed by atoms with van der Waals surface area (Å²) < 4.78 is 21.0. The van der Waals surface area contributed by atoms with Crippen LogP contribution in [0, 0.1) is 0 Å². The van der Waals surface area contributed by atoms with Crippen molar-refractivity contribution in [2.75, 3.05) is 0 Å². The first-order chi connectivity index (χ1) is 10.8. The number of ether oxygens (including phenoxy) is 4. The van der Waals surface area contributed by atoms with Gasteiger partial charge in [0.2, 0.25) is 0 Å². The quantitative estimate of drug-likeness (QED) is 0.243. The fourth-order valence-corrected chi connectivity index (χ4v) is 2.34. The zero-order valence-corrected chi connectivity index (χ0v) is 13.3. The van der Waals surface area contributed by atoms with Gasteiger partial charge >= 0.3 is 17.9 Å². The number of hydrogen-bond acceptors (Lipinski definition) is 8. The molecule has 1 aliphatic rings. The van der Waals surface area contributed by atoms with Crippen LogP contribution in [0.2, 0.25) is 0 Å². The van der Waals surface area contributed by atoms with Gasteiger partial charge in [0.25, 0.3) is 0 Å². The molecule has 2 unspecified atom stereocenters. The normalized spacial score (nSPS) is 29.8. The van der Waals surface area contributed by atoms with E-state index in [1.54, 1.807) is 6.92 Å². The third-order valence-corrected chi connectivity index (χ3v) is 3.08. The van der Waals surface area contributed by atoms with Gasteiger partial charge in [-0.25, -0.2) is 0 Å². The van der Waals surface area contributed by atoms with Crippen LogP contribution in [0.1, 0.15) is 34.1 Å². The lowest BCUT2D eigenvalue weighted by molar-refractivity contribution is -0.245. The molecule has 0 aliphatic carbocycles. The van der Waals surface area contributed by atoms with E-state index in [1.165, 1.54) is 6.92 Å². The second-order valence-corrected chi connectivity index (χ2v) is 4.90. The maximum absolute atomic E-state index is 11.4. The van der Waals surface area contributed by atoms with Crippen molar-refractivity contribution in [3.8, 4) is 0 Å². The van der Waals surface area contributed by atoms with E-state index < -0.39 is 48.6 Å². The molecular formula is C13H19N3O7. The van der Waals surface area contributed by atoms with E-state index in [0.717, 1.165) is 13.8 Å². The van der Waals surface area contributed by atoms with E-state index >= 15 is 0 Å². The Balaban J connectivity index is 3.24. The Morgan fingerprint density at radius 1 is 1.00 bits per heavy atom. The molecule has 1 heterocycles. The second kappa shape index (κ2) is 8.35. The third-order valence-electron chi connectivity index (χ3n) is 3.08. The van der Waals surface area contributed by atoms with E-state index in [4.69, 9.17) is 24.5 Å². The Labute approximate surface area is 132 Å². The molecule has 0 amide bonds. The summed E-state index contributed by atoms with van der Waals surface area (Å²) in [7, 11) is 0. The smallest absolute Gasteiger partial charge is 0.303 e. The van der Waals surface area contributed by atoms with Crippen LogP contribution < -0.4 is 0 Å². The standard InChI is InChI=1S/C13H19N3O7/c1-5-9-10(20-6(2)17)11(21-7(3)18)12(22-8(4)19)13(23-9)15-16-14/h9-13H,5H2,1-4H3/t9?,10-,11?,12-,13+/m1/s1. The summed E-state index contributed by atoms with van der Waals surface area (Å²) in [4.78, 5) is 36.7. The van der Waals surface area contributed by atoms with Gasteiger partial charge in [0.15, 0.2) is 24.5 Å². The fraction of sp³-hybridized carbons (Fsp3) is 0.769.